The SMILES string of the molecule is O=C(CSc1nnnn1C1CCCC1)Nc1ccnn1Cc1ccc(Br)cc1. The standard InChI is InChI=1S/C18H20BrN7OS/c19-14-7-5-13(6-8-14)11-25-16(9-10-20-25)21-17(27)12-28-18-22-23-24-26(18)15-3-1-2-4-15/h5-10,15H,1-4,11-12H2,(H,21,27). The van der Waals surface area contributed by atoms with Crippen LogP contribution in [0.3, 0.4) is 0 Å². The van der Waals surface area contributed by atoms with Gasteiger partial charge in [0.2, 0.25) is 11.1 Å². The van der Waals surface area contributed by atoms with E-state index in [2.05, 4.69) is 41.9 Å². The van der Waals surface area contributed by atoms with E-state index in [4.69, 9.17) is 0 Å². The van der Waals surface area contributed by atoms with Crippen LogP contribution in [0.5, 0.6) is 0 Å². The third-order valence-corrected chi connectivity index (χ3v) is 6.16. The van der Waals surface area contributed by atoms with Gasteiger partial charge >= 0.3 is 0 Å². The molecule has 2 aromatic heterocycles. The molecular weight excluding hydrogens is 442 g/mol. The highest BCUT2D eigenvalue weighted by atomic mass is 79.9. The first-order valence-corrected chi connectivity index (χ1v) is 10.9. The Kier molecular flexibility index (Phi) is 6.06. The van der Waals surface area contributed by atoms with Gasteiger partial charge in [0.1, 0.15) is 5.82 Å². The molecule has 0 saturated heterocycles. The number of halogens is 1. The largest absolute Gasteiger partial charge is 0.310 e. The fourth-order valence-corrected chi connectivity index (χ4v) is 4.30. The van der Waals surface area contributed by atoms with Crippen molar-refractivity contribution >= 4 is 39.4 Å². The molecule has 0 aliphatic heterocycles. The number of benzene rings is 1. The topological polar surface area (TPSA) is 90.5 Å². The Morgan fingerprint density at radius 2 is 2.00 bits per heavy atom. The van der Waals surface area contributed by atoms with Gasteiger partial charge in [-0.05, 0) is 41.0 Å². The molecule has 1 fully saturated rings. The van der Waals surface area contributed by atoms with Gasteiger partial charge in [-0.2, -0.15) is 5.10 Å². The van der Waals surface area contributed by atoms with Gasteiger partial charge in [-0.25, -0.2) is 9.36 Å². The molecule has 0 bridgehead atoms. The number of carbonyl (C=O) groups is 1. The third-order valence-electron chi connectivity index (χ3n) is 4.70. The molecule has 1 aliphatic carbocycles. The number of thioether (sulfide) groups is 1. The van der Waals surface area contributed by atoms with Crippen LogP contribution in [0.15, 0.2) is 46.2 Å². The second-order valence-electron chi connectivity index (χ2n) is 6.68. The summed E-state index contributed by atoms with van der Waals surface area (Å²) in [5.74, 6) is 0.809. The first-order chi connectivity index (χ1) is 13.7. The average molecular weight is 462 g/mol. The van der Waals surface area contributed by atoms with E-state index in [0.717, 1.165) is 22.9 Å². The molecule has 28 heavy (non-hydrogen) atoms. The number of nitrogens with zero attached hydrogens (tertiary/aromatic N) is 6. The van der Waals surface area contributed by atoms with Crippen LogP contribution in [-0.4, -0.2) is 41.6 Å². The summed E-state index contributed by atoms with van der Waals surface area (Å²) in [5, 5.41) is 19.9. The molecule has 1 N–H and O–H groups in total. The zero-order valence-electron chi connectivity index (χ0n) is 15.2. The average Bonchev–Trinajstić information content (AvgIpc) is 3.44. The van der Waals surface area contributed by atoms with E-state index in [0.29, 0.717) is 23.6 Å². The van der Waals surface area contributed by atoms with Crippen molar-refractivity contribution in [1.29, 1.82) is 0 Å². The molecule has 0 unspecified atom stereocenters. The van der Waals surface area contributed by atoms with Crippen LogP contribution in [0.4, 0.5) is 5.82 Å². The maximum atomic E-state index is 12.4. The molecule has 0 spiro atoms. The van der Waals surface area contributed by atoms with E-state index in [1.165, 1.54) is 24.6 Å². The minimum absolute atomic E-state index is 0.108. The Labute approximate surface area is 175 Å². The zero-order chi connectivity index (χ0) is 19.3. The van der Waals surface area contributed by atoms with Crippen molar-refractivity contribution in [2.24, 2.45) is 0 Å². The van der Waals surface area contributed by atoms with E-state index in [1.807, 2.05) is 28.9 Å². The van der Waals surface area contributed by atoms with Gasteiger partial charge in [-0.1, -0.05) is 52.7 Å². The van der Waals surface area contributed by atoms with Crippen LogP contribution < -0.4 is 5.32 Å². The van der Waals surface area contributed by atoms with E-state index >= 15 is 0 Å². The summed E-state index contributed by atoms with van der Waals surface area (Å²) in [7, 11) is 0. The van der Waals surface area contributed by atoms with Crippen LogP contribution >= 0.6 is 27.7 Å². The first-order valence-electron chi connectivity index (χ1n) is 9.16. The number of hydrogen-bond acceptors (Lipinski definition) is 6. The maximum Gasteiger partial charge on any atom is 0.235 e. The second kappa shape index (κ2) is 8.87. The molecule has 1 aliphatic rings. The Morgan fingerprint density at radius 3 is 2.79 bits per heavy atom. The molecule has 8 nitrogen and oxygen atoms in total. The number of carbonyl (C=O) groups excluding carboxylic acids is 1. The molecule has 2 heterocycles. The number of rotatable bonds is 7. The molecule has 1 aromatic carbocycles. The first kappa shape index (κ1) is 19.1. The molecule has 1 amide bonds. The van der Waals surface area contributed by atoms with Crippen LogP contribution in [0, 0.1) is 0 Å². The fourth-order valence-electron chi connectivity index (χ4n) is 3.30. The van der Waals surface area contributed by atoms with Crippen LogP contribution in [0.2, 0.25) is 0 Å². The van der Waals surface area contributed by atoms with Crippen LogP contribution in [-0.2, 0) is 11.3 Å². The van der Waals surface area contributed by atoms with Crippen LogP contribution in [0.25, 0.3) is 0 Å². The Hall–Kier alpha value is -2.20. The van der Waals surface area contributed by atoms with Crippen LogP contribution in [0.1, 0.15) is 37.3 Å². The van der Waals surface area contributed by atoms with Crippen molar-refractivity contribution in [2.45, 2.75) is 43.4 Å². The van der Waals surface area contributed by atoms with Gasteiger partial charge in [0.25, 0.3) is 0 Å². The lowest BCUT2D eigenvalue weighted by Gasteiger charge is -2.11. The normalized spacial score (nSPS) is 14.5. The molecule has 4 rings (SSSR count). The quantitative estimate of drug-likeness (QED) is 0.541. The number of amides is 1. The van der Waals surface area contributed by atoms with E-state index in [9.17, 15) is 4.79 Å². The third kappa shape index (κ3) is 4.61. The lowest BCUT2D eigenvalue weighted by molar-refractivity contribution is -0.113. The second-order valence-corrected chi connectivity index (χ2v) is 8.54. The molecule has 0 radical (unpaired) electrons. The Balaban J connectivity index is 1.34. The lowest BCUT2D eigenvalue weighted by Crippen LogP contribution is -2.18. The number of aromatic nitrogens is 6. The fraction of sp³-hybridized carbons (Fsp3) is 0.389. The van der Waals surface area contributed by atoms with Gasteiger partial charge in [0.05, 0.1) is 24.5 Å². The van der Waals surface area contributed by atoms with Gasteiger partial charge in [-0.3, -0.25) is 4.79 Å². The number of anilines is 1. The van der Waals surface area contributed by atoms with Crippen molar-refractivity contribution < 1.29 is 4.79 Å². The lowest BCUT2D eigenvalue weighted by atomic mass is 10.2. The molecule has 3 aromatic rings. The summed E-state index contributed by atoms with van der Waals surface area (Å²) in [6.07, 6.45) is 6.29. The van der Waals surface area contributed by atoms with Gasteiger partial charge < -0.3 is 5.32 Å². The summed E-state index contributed by atoms with van der Waals surface area (Å²) in [6, 6.07) is 10.2. The van der Waals surface area contributed by atoms with E-state index in [-0.39, 0.29) is 11.7 Å². The van der Waals surface area contributed by atoms with Gasteiger partial charge in [0.15, 0.2) is 0 Å². The highest BCUT2D eigenvalue weighted by Gasteiger charge is 2.22. The summed E-state index contributed by atoms with van der Waals surface area (Å²) in [5.41, 5.74) is 1.10. The Bertz CT molecular complexity index is 934. The highest BCUT2D eigenvalue weighted by Crippen LogP contribution is 2.31. The maximum absolute atomic E-state index is 12.4. The predicted octanol–water partition coefficient (Wildman–Crippen LogP) is 3.53. The number of hydrogen-bond donors (Lipinski definition) is 1. The predicted molar refractivity (Wildman–Crippen MR) is 110 cm³/mol. The van der Waals surface area contributed by atoms with Crippen molar-refractivity contribution in [3.8, 4) is 0 Å². The van der Waals surface area contributed by atoms with Crippen molar-refractivity contribution in [2.75, 3.05) is 11.1 Å². The van der Waals surface area contributed by atoms with Gasteiger partial charge in [-0.15, -0.1) is 5.10 Å². The summed E-state index contributed by atoms with van der Waals surface area (Å²) in [6.45, 7) is 0.586. The summed E-state index contributed by atoms with van der Waals surface area (Å²) in [4.78, 5) is 12.4. The van der Waals surface area contributed by atoms with Crippen molar-refractivity contribution in [1.82, 2.24) is 30.0 Å². The van der Waals surface area contributed by atoms with Crippen molar-refractivity contribution in [3.63, 3.8) is 0 Å². The van der Waals surface area contributed by atoms with Gasteiger partial charge in [0, 0.05) is 10.5 Å². The molecular formula is C18H20BrN7OS. The molecule has 1 saturated carbocycles. The molecule has 0 atom stereocenters. The highest BCUT2D eigenvalue weighted by molar-refractivity contribution is 9.10. The molecule has 10 heteroatoms. The summed E-state index contributed by atoms with van der Waals surface area (Å²) >= 11 is 4.79. The van der Waals surface area contributed by atoms with E-state index < -0.39 is 0 Å². The number of tetrazole rings is 1. The van der Waals surface area contributed by atoms with Crippen molar-refractivity contribution in [3.05, 3.63) is 46.6 Å². The summed E-state index contributed by atoms with van der Waals surface area (Å²) < 4.78 is 4.67. The Morgan fingerprint density at radius 1 is 1.21 bits per heavy atom. The smallest absolute Gasteiger partial charge is 0.235 e. The zero-order valence-corrected chi connectivity index (χ0v) is 17.6. The minimum atomic E-state index is -0.108. The molecule has 146 valence electrons. The van der Waals surface area contributed by atoms with E-state index in [1.54, 1.807) is 16.9 Å². The minimum Gasteiger partial charge on any atom is -0.310 e. The monoisotopic (exact) mass is 461 g/mol. The number of nitrogens with one attached hydrogen (secondary N) is 1.